The van der Waals surface area contributed by atoms with E-state index < -0.39 is 12.8 Å². The number of rotatable bonds is 6. The van der Waals surface area contributed by atoms with E-state index in [1.54, 1.807) is 0 Å². The molecular formula is C10H22F2P2. The van der Waals surface area contributed by atoms with E-state index in [2.05, 4.69) is 27.4 Å². The molecule has 0 nitrogen and oxygen atoms in total. The highest BCUT2D eigenvalue weighted by Crippen LogP contribution is 2.49. The van der Waals surface area contributed by atoms with Gasteiger partial charge in [0, 0.05) is 6.42 Å². The lowest BCUT2D eigenvalue weighted by Crippen LogP contribution is -2.12. The Hall–Kier alpha value is 0.720. The Morgan fingerprint density at radius 3 is 2.36 bits per heavy atom. The Balaban J connectivity index is 3.54. The van der Waals surface area contributed by atoms with E-state index in [4.69, 9.17) is 0 Å². The van der Waals surface area contributed by atoms with Crippen molar-refractivity contribution in [1.82, 2.24) is 0 Å². The van der Waals surface area contributed by atoms with Gasteiger partial charge in [0.05, 0.1) is 6.67 Å². The molecule has 3 atom stereocenters. The van der Waals surface area contributed by atoms with Gasteiger partial charge in [0.1, 0.15) is 6.17 Å². The van der Waals surface area contributed by atoms with Crippen molar-refractivity contribution < 1.29 is 8.78 Å². The van der Waals surface area contributed by atoms with Gasteiger partial charge in [-0.2, -0.15) is 0 Å². The number of halogens is 2. The normalized spacial score (nSPS) is 17.6. The fraction of sp³-hybridized carbons (Fsp3) is 1.00. The first-order valence-electron chi connectivity index (χ1n) is 5.00. The van der Waals surface area contributed by atoms with Gasteiger partial charge in [-0.15, -0.1) is 16.5 Å². The predicted octanol–water partition coefficient (Wildman–Crippen LogP) is 4.23. The lowest BCUT2D eigenvalue weighted by atomic mass is 10.3. The number of hydrogen-bond donors (Lipinski definition) is 0. The molecule has 0 bridgehead atoms. The van der Waals surface area contributed by atoms with Crippen molar-refractivity contribution in [1.29, 1.82) is 0 Å². The molecule has 4 heteroatoms. The van der Waals surface area contributed by atoms with Gasteiger partial charge in [-0.05, 0) is 23.9 Å². The van der Waals surface area contributed by atoms with E-state index in [1.165, 1.54) is 0 Å². The standard InChI is InChI=1S/C10H22F2P2/c1-10(2,3)14(4)8-13-7-9(12)5-6-11/h9,13H,5-8H2,1-4H3. The summed E-state index contributed by atoms with van der Waals surface area (Å²) in [4.78, 5) is 0. The molecule has 0 radical (unpaired) electrons. The maximum atomic E-state index is 12.9. The molecule has 0 aromatic heterocycles. The van der Waals surface area contributed by atoms with Crippen molar-refractivity contribution >= 4 is 16.5 Å². The van der Waals surface area contributed by atoms with Crippen LogP contribution in [0.2, 0.25) is 0 Å². The SMILES string of the molecule is CP(CPCC(F)CCF)C(C)(C)C. The van der Waals surface area contributed by atoms with Crippen LogP contribution in [-0.4, -0.2) is 36.7 Å². The second kappa shape index (κ2) is 7.07. The molecule has 0 saturated heterocycles. The van der Waals surface area contributed by atoms with Gasteiger partial charge < -0.3 is 0 Å². The first kappa shape index (κ1) is 14.7. The molecular weight excluding hydrogens is 220 g/mol. The average Bonchev–Trinajstić information content (AvgIpc) is 2.02. The molecule has 0 fully saturated rings. The minimum absolute atomic E-state index is 0.00961. The third kappa shape index (κ3) is 7.07. The summed E-state index contributed by atoms with van der Waals surface area (Å²) in [6.07, 6.45) is -0.265. The Kier molecular flexibility index (Phi) is 7.43. The van der Waals surface area contributed by atoms with Crippen LogP contribution in [0.15, 0.2) is 0 Å². The molecule has 14 heavy (non-hydrogen) atoms. The second-order valence-electron chi connectivity index (χ2n) is 4.56. The van der Waals surface area contributed by atoms with Crippen LogP contribution in [0.3, 0.4) is 0 Å². The van der Waals surface area contributed by atoms with Crippen molar-refractivity contribution in [3.8, 4) is 0 Å². The lowest BCUT2D eigenvalue weighted by Gasteiger charge is -2.28. The quantitative estimate of drug-likeness (QED) is 0.611. The summed E-state index contributed by atoms with van der Waals surface area (Å²) in [6.45, 7) is 8.45. The van der Waals surface area contributed by atoms with Gasteiger partial charge in [-0.25, -0.2) is 4.39 Å². The van der Waals surface area contributed by atoms with Crippen LogP contribution >= 0.6 is 16.5 Å². The van der Waals surface area contributed by atoms with E-state index in [0.717, 1.165) is 5.90 Å². The fourth-order valence-corrected chi connectivity index (χ4v) is 5.12. The zero-order valence-electron chi connectivity index (χ0n) is 9.61. The zero-order valence-corrected chi connectivity index (χ0v) is 11.5. The molecule has 3 unspecified atom stereocenters. The van der Waals surface area contributed by atoms with E-state index in [9.17, 15) is 8.78 Å². The Labute approximate surface area is 89.8 Å². The smallest absolute Gasteiger partial charge is 0.106 e. The molecule has 0 amide bonds. The van der Waals surface area contributed by atoms with Gasteiger partial charge in [-0.3, -0.25) is 4.39 Å². The topological polar surface area (TPSA) is 0 Å². The highest BCUT2D eigenvalue weighted by Gasteiger charge is 2.19. The summed E-state index contributed by atoms with van der Waals surface area (Å²) in [5, 5.41) is 0.369. The van der Waals surface area contributed by atoms with Crippen LogP contribution in [0.4, 0.5) is 8.78 Å². The number of hydrogen-bond acceptors (Lipinski definition) is 0. The fourth-order valence-electron chi connectivity index (χ4n) is 0.846. The summed E-state index contributed by atoms with van der Waals surface area (Å²) in [5.74, 6) is 1.13. The highest BCUT2D eigenvalue weighted by molar-refractivity contribution is 7.68. The van der Waals surface area contributed by atoms with Crippen molar-refractivity contribution in [2.45, 2.75) is 38.5 Å². The Bertz CT molecular complexity index is 146. The van der Waals surface area contributed by atoms with E-state index >= 15 is 0 Å². The third-order valence-corrected chi connectivity index (χ3v) is 8.10. The monoisotopic (exact) mass is 242 g/mol. The Morgan fingerprint density at radius 2 is 1.93 bits per heavy atom. The van der Waals surface area contributed by atoms with Gasteiger partial charge in [0.2, 0.25) is 0 Å². The maximum Gasteiger partial charge on any atom is 0.106 e. The third-order valence-electron chi connectivity index (χ3n) is 2.28. The lowest BCUT2D eigenvalue weighted by molar-refractivity contribution is 0.309. The molecule has 0 aliphatic carbocycles. The molecule has 0 N–H and O–H groups in total. The Morgan fingerprint density at radius 1 is 1.36 bits per heavy atom. The second-order valence-corrected chi connectivity index (χ2v) is 9.47. The molecule has 0 saturated carbocycles. The summed E-state index contributed by atoms with van der Waals surface area (Å²) in [5.41, 5.74) is 0. The van der Waals surface area contributed by atoms with Crippen molar-refractivity contribution in [3.05, 3.63) is 0 Å². The van der Waals surface area contributed by atoms with Crippen LogP contribution in [0.25, 0.3) is 0 Å². The summed E-state index contributed by atoms with van der Waals surface area (Å²) < 4.78 is 24.7. The number of alkyl halides is 2. The van der Waals surface area contributed by atoms with E-state index in [1.807, 2.05) is 0 Å². The van der Waals surface area contributed by atoms with Crippen LogP contribution in [0, 0.1) is 0 Å². The molecule has 0 aromatic rings. The van der Waals surface area contributed by atoms with Crippen molar-refractivity contribution in [2.75, 3.05) is 25.4 Å². The van der Waals surface area contributed by atoms with Gasteiger partial charge in [-0.1, -0.05) is 20.8 Å². The minimum atomic E-state index is -0.915. The summed E-state index contributed by atoms with van der Waals surface area (Å²) >= 11 is 0. The summed E-state index contributed by atoms with van der Waals surface area (Å²) in [7, 11) is 0.654. The minimum Gasteiger partial charge on any atom is -0.251 e. The van der Waals surface area contributed by atoms with Crippen molar-refractivity contribution in [3.63, 3.8) is 0 Å². The van der Waals surface area contributed by atoms with E-state index in [-0.39, 0.29) is 14.3 Å². The molecule has 0 aliphatic heterocycles. The molecule has 86 valence electrons. The molecule has 0 aromatic carbocycles. The first-order chi connectivity index (χ1) is 6.38. The molecule has 0 rings (SSSR count). The predicted molar refractivity (Wildman–Crippen MR) is 66.1 cm³/mol. The van der Waals surface area contributed by atoms with Crippen LogP contribution in [-0.2, 0) is 0 Å². The molecule has 0 spiro atoms. The van der Waals surface area contributed by atoms with Gasteiger partial charge in [0.25, 0.3) is 0 Å². The molecule has 0 aliphatic rings. The van der Waals surface area contributed by atoms with Crippen LogP contribution < -0.4 is 0 Å². The largest absolute Gasteiger partial charge is 0.251 e. The van der Waals surface area contributed by atoms with Gasteiger partial charge >= 0.3 is 0 Å². The molecule has 0 heterocycles. The highest BCUT2D eigenvalue weighted by atomic mass is 31.2. The van der Waals surface area contributed by atoms with Crippen LogP contribution in [0.5, 0.6) is 0 Å². The average molecular weight is 242 g/mol. The zero-order chi connectivity index (χ0) is 11.2. The van der Waals surface area contributed by atoms with Gasteiger partial charge in [0.15, 0.2) is 0 Å². The van der Waals surface area contributed by atoms with Crippen molar-refractivity contribution in [2.24, 2.45) is 0 Å². The first-order valence-corrected chi connectivity index (χ1v) is 8.38. The summed E-state index contributed by atoms with van der Waals surface area (Å²) in [6, 6.07) is 0. The van der Waals surface area contributed by atoms with E-state index in [0.29, 0.717) is 19.9 Å². The maximum absolute atomic E-state index is 12.9. The van der Waals surface area contributed by atoms with Crippen LogP contribution in [0.1, 0.15) is 27.2 Å².